The summed E-state index contributed by atoms with van der Waals surface area (Å²) in [6, 6.07) is 13.2. The average molecular weight is 325 g/mol. The van der Waals surface area contributed by atoms with Gasteiger partial charge >= 0.3 is 0 Å². The Morgan fingerprint density at radius 1 is 0.917 bits per heavy atom. The molecule has 0 saturated carbocycles. The van der Waals surface area contributed by atoms with Gasteiger partial charge in [-0.1, -0.05) is 0 Å². The number of anilines is 2. The van der Waals surface area contributed by atoms with Crippen LogP contribution < -0.4 is 20.1 Å². The number of nitrogens with zero attached hydrogens (tertiary/aromatic N) is 2. The van der Waals surface area contributed by atoms with Crippen molar-refractivity contribution in [1.82, 2.24) is 4.90 Å². The molecular weight excluding hydrogens is 306 g/mol. The zero-order valence-electron chi connectivity index (χ0n) is 13.3. The van der Waals surface area contributed by atoms with Gasteiger partial charge in [0.15, 0.2) is 11.5 Å². The van der Waals surface area contributed by atoms with E-state index in [9.17, 15) is 4.79 Å². The zero-order chi connectivity index (χ0) is 16.5. The van der Waals surface area contributed by atoms with E-state index < -0.39 is 0 Å². The monoisotopic (exact) mass is 325 g/mol. The standard InChI is InChI=1S/C18H19N3O3/c19-14-2-4-15(5-3-14)20-7-9-21(10-8-20)18(22)13-1-6-16-17(11-13)24-12-23-16/h1-6,11H,7-10,12,19H2. The van der Waals surface area contributed by atoms with Crippen molar-refractivity contribution in [3.8, 4) is 11.5 Å². The van der Waals surface area contributed by atoms with Crippen molar-refractivity contribution < 1.29 is 14.3 Å². The molecule has 2 N–H and O–H groups in total. The van der Waals surface area contributed by atoms with Crippen molar-refractivity contribution in [2.45, 2.75) is 0 Å². The summed E-state index contributed by atoms with van der Waals surface area (Å²) in [6.45, 7) is 3.21. The molecule has 2 aliphatic heterocycles. The zero-order valence-corrected chi connectivity index (χ0v) is 13.3. The summed E-state index contributed by atoms with van der Waals surface area (Å²) in [5.41, 5.74) is 8.27. The van der Waals surface area contributed by atoms with Crippen molar-refractivity contribution in [3.05, 3.63) is 48.0 Å². The third kappa shape index (κ3) is 2.71. The molecule has 2 aromatic rings. The van der Waals surface area contributed by atoms with Crippen molar-refractivity contribution >= 4 is 17.3 Å². The van der Waals surface area contributed by atoms with Crippen LogP contribution >= 0.6 is 0 Å². The van der Waals surface area contributed by atoms with E-state index in [4.69, 9.17) is 15.2 Å². The molecule has 6 heteroatoms. The van der Waals surface area contributed by atoms with Crippen molar-refractivity contribution in [2.75, 3.05) is 43.6 Å². The Labute approximate surface area is 140 Å². The first-order chi connectivity index (χ1) is 11.7. The Morgan fingerprint density at radius 3 is 2.38 bits per heavy atom. The summed E-state index contributed by atoms with van der Waals surface area (Å²) in [4.78, 5) is 16.8. The molecular formula is C18H19N3O3. The molecule has 0 radical (unpaired) electrons. The molecule has 1 amide bonds. The van der Waals surface area contributed by atoms with Crippen LogP contribution in [0.4, 0.5) is 11.4 Å². The minimum absolute atomic E-state index is 0.0326. The molecule has 2 aromatic carbocycles. The highest BCUT2D eigenvalue weighted by molar-refractivity contribution is 5.95. The van der Waals surface area contributed by atoms with Gasteiger partial charge in [-0.05, 0) is 42.5 Å². The molecule has 0 bridgehead atoms. The van der Waals surface area contributed by atoms with Crippen molar-refractivity contribution in [3.63, 3.8) is 0 Å². The number of rotatable bonds is 2. The second-order valence-corrected chi connectivity index (χ2v) is 5.94. The molecule has 0 unspecified atom stereocenters. The fourth-order valence-corrected chi connectivity index (χ4v) is 3.07. The van der Waals surface area contributed by atoms with Gasteiger partial charge in [-0.15, -0.1) is 0 Å². The highest BCUT2D eigenvalue weighted by Gasteiger charge is 2.24. The van der Waals surface area contributed by atoms with Gasteiger partial charge in [0.2, 0.25) is 6.79 Å². The maximum atomic E-state index is 12.7. The van der Waals surface area contributed by atoms with Gasteiger partial charge in [-0.25, -0.2) is 0 Å². The number of fused-ring (bicyclic) bond motifs is 1. The predicted octanol–water partition coefficient (Wildman–Crippen LogP) is 1.96. The van der Waals surface area contributed by atoms with Crippen LogP contribution in [0.5, 0.6) is 11.5 Å². The lowest BCUT2D eigenvalue weighted by Gasteiger charge is -2.36. The first kappa shape index (κ1) is 14.7. The van der Waals surface area contributed by atoms with E-state index in [1.54, 1.807) is 18.2 Å². The Balaban J connectivity index is 1.42. The molecule has 0 aliphatic carbocycles. The van der Waals surface area contributed by atoms with Gasteiger partial charge in [-0.3, -0.25) is 4.79 Å². The molecule has 0 spiro atoms. The van der Waals surface area contributed by atoms with E-state index in [-0.39, 0.29) is 12.7 Å². The number of hydrogen-bond donors (Lipinski definition) is 1. The number of carbonyl (C=O) groups excluding carboxylic acids is 1. The SMILES string of the molecule is Nc1ccc(N2CCN(C(=O)c3ccc4c(c3)OCO4)CC2)cc1. The highest BCUT2D eigenvalue weighted by Crippen LogP contribution is 2.33. The topological polar surface area (TPSA) is 68.0 Å². The van der Waals surface area contributed by atoms with Gasteiger partial charge in [0.1, 0.15) is 0 Å². The lowest BCUT2D eigenvalue weighted by molar-refractivity contribution is 0.0746. The first-order valence-electron chi connectivity index (χ1n) is 8.00. The summed E-state index contributed by atoms with van der Waals surface area (Å²) in [6.07, 6.45) is 0. The van der Waals surface area contributed by atoms with Crippen LogP contribution in [-0.2, 0) is 0 Å². The summed E-state index contributed by atoms with van der Waals surface area (Å²) >= 11 is 0. The quantitative estimate of drug-likeness (QED) is 0.855. The number of nitrogen functional groups attached to an aromatic ring is 1. The molecule has 1 fully saturated rings. The third-order valence-corrected chi connectivity index (χ3v) is 4.44. The van der Waals surface area contributed by atoms with Gasteiger partial charge in [0.05, 0.1) is 0 Å². The van der Waals surface area contributed by atoms with E-state index in [2.05, 4.69) is 4.90 Å². The second-order valence-electron chi connectivity index (χ2n) is 5.94. The minimum Gasteiger partial charge on any atom is -0.454 e. The molecule has 2 aliphatic rings. The lowest BCUT2D eigenvalue weighted by atomic mass is 10.1. The molecule has 0 atom stereocenters. The van der Waals surface area contributed by atoms with Crippen LogP contribution in [0.15, 0.2) is 42.5 Å². The summed E-state index contributed by atoms with van der Waals surface area (Å²) in [5, 5.41) is 0. The number of nitrogens with two attached hydrogens (primary N) is 1. The normalized spacial score (nSPS) is 16.3. The highest BCUT2D eigenvalue weighted by atomic mass is 16.7. The largest absolute Gasteiger partial charge is 0.454 e. The van der Waals surface area contributed by atoms with Gasteiger partial charge < -0.3 is 25.0 Å². The molecule has 24 heavy (non-hydrogen) atoms. The van der Waals surface area contributed by atoms with Gasteiger partial charge in [0.25, 0.3) is 5.91 Å². The van der Waals surface area contributed by atoms with E-state index >= 15 is 0 Å². The Bertz CT molecular complexity index is 753. The Morgan fingerprint density at radius 2 is 1.62 bits per heavy atom. The molecule has 1 saturated heterocycles. The van der Waals surface area contributed by atoms with Crippen molar-refractivity contribution in [2.24, 2.45) is 0 Å². The molecule has 2 heterocycles. The number of hydrogen-bond acceptors (Lipinski definition) is 5. The van der Waals surface area contributed by atoms with Gasteiger partial charge in [0, 0.05) is 43.1 Å². The van der Waals surface area contributed by atoms with Crippen molar-refractivity contribution in [1.29, 1.82) is 0 Å². The minimum atomic E-state index is 0.0326. The van der Waals surface area contributed by atoms with Crippen LogP contribution in [0.3, 0.4) is 0 Å². The van der Waals surface area contributed by atoms with Crippen LogP contribution in [0.25, 0.3) is 0 Å². The maximum absolute atomic E-state index is 12.7. The van der Waals surface area contributed by atoms with E-state index in [0.717, 1.165) is 24.5 Å². The molecule has 124 valence electrons. The molecule has 0 aromatic heterocycles. The summed E-state index contributed by atoms with van der Waals surface area (Å²) in [7, 11) is 0. The van der Waals surface area contributed by atoms with E-state index in [1.807, 2.05) is 29.2 Å². The fraction of sp³-hybridized carbons (Fsp3) is 0.278. The van der Waals surface area contributed by atoms with Crippen LogP contribution in [0, 0.1) is 0 Å². The van der Waals surface area contributed by atoms with Crippen LogP contribution in [0.1, 0.15) is 10.4 Å². The number of benzene rings is 2. The summed E-state index contributed by atoms with van der Waals surface area (Å²) < 4.78 is 10.6. The first-order valence-corrected chi connectivity index (χ1v) is 8.00. The molecule has 6 nitrogen and oxygen atoms in total. The van der Waals surface area contributed by atoms with E-state index in [1.165, 1.54) is 0 Å². The molecule has 4 rings (SSSR count). The number of ether oxygens (including phenoxy) is 2. The second kappa shape index (κ2) is 5.96. The fourth-order valence-electron chi connectivity index (χ4n) is 3.07. The third-order valence-electron chi connectivity index (χ3n) is 4.44. The lowest BCUT2D eigenvalue weighted by Crippen LogP contribution is -2.48. The van der Waals surface area contributed by atoms with Crippen LogP contribution in [-0.4, -0.2) is 43.8 Å². The maximum Gasteiger partial charge on any atom is 0.254 e. The van der Waals surface area contributed by atoms with Gasteiger partial charge in [-0.2, -0.15) is 0 Å². The average Bonchev–Trinajstić information content (AvgIpc) is 3.09. The summed E-state index contributed by atoms with van der Waals surface area (Å²) in [5.74, 6) is 1.37. The number of carbonyl (C=O) groups is 1. The predicted molar refractivity (Wildman–Crippen MR) is 91.5 cm³/mol. The Hall–Kier alpha value is -2.89. The Kier molecular flexibility index (Phi) is 3.65. The smallest absolute Gasteiger partial charge is 0.254 e. The number of piperazine rings is 1. The number of amides is 1. The van der Waals surface area contributed by atoms with Crippen LogP contribution in [0.2, 0.25) is 0 Å². The van der Waals surface area contributed by atoms with E-state index in [0.29, 0.717) is 30.2 Å².